The van der Waals surface area contributed by atoms with Gasteiger partial charge in [0.15, 0.2) is 0 Å². The molecule has 0 bridgehead atoms. The van der Waals surface area contributed by atoms with E-state index in [9.17, 15) is 22.0 Å². The highest BCUT2D eigenvalue weighted by molar-refractivity contribution is 7.90. The van der Waals surface area contributed by atoms with Gasteiger partial charge in [0.05, 0.1) is 45.4 Å². The molecule has 3 aromatic carbocycles. The van der Waals surface area contributed by atoms with Crippen molar-refractivity contribution in [2.45, 2.75) is 44.1 Å². The Morgan fingerprint density at radius 3 is 2.59 bits per heavy atom. The van der Waals surface area contributed by atoms with E-state index in [0.717, 1.165) is 20.9 Å². The van der Waals surface area contributed by atoms with Crippen LogP contribution in [0.25, 0.3) is 27.6 Å². The Morgan fingerprint density at radius 1 is 1.04 bits per heavy atom. The van der Waals surface area contributed by atoms with Crippen LogP contribution in [-0.4, -0.2) is 61.8 Å². The van der Waals surface area contributed by atoms with E-state index >= 15 is 0 Å². The number of imidazole rings is 1. The fourth-order valence-electron chi connectivity index (χ4n) is 6.12. The van der Waals surface area contributed by atoms with Gasteiger partial charge < -0.3 is 10.7 Å². The standard InChI is InChI=1S/C33H31F2N7O3S/c1-20-4-9-25(10-5-20)46(44,45)42-29-14-22(18-40-13-3-12-33(34,35)19-40)6-7-23(29)15-30(42)31(43)26-17-37-41(32(26)36)24-8-11-27-28(16-24)39-21(2)38-27/h4-11,14-17H,3,12-13,18-19,36H2,1-2H3,(H,38,39). The predicted octanol–water partition coefficient (Wildman–Crippen LogP) is 5.60. The van der Waals surface area contributed by atoms with Crippen molar-refractivity contribution in [2.75, 3.05) is 18.8 Å². The van der Waals surface area contributed by atoms with E-state index in [2.05, 4.69) is 15.1 Å². The summed E-state index contributed by atoms with van der Waals surface area (Å²) >= 11 is 0. The second kappa shape index (κ2) is 10.9. The molecule has 13 heteroatoms. The molecule has 236 valence electrons. The number of rotatable bonds is 7. The maximum Gasteiger partial charge on any atom is 0.268 e. The first kappa shape index (κ1) is 29.8. The van der Waals surface area contributed by atoms with Crippen molar-refractivity contribution in [1.29, 1.82) is 0 Å². The summed E-state index contributed by atoms with van der Waals surface area (Å²) in [5.74, 6) is -2.63. The summed E-state index contributed by atoms with van der Waals surface area (Å²) in [4.78, 5) is 23.5. The Hall–Kier alpha value is -4.88. The van der Waals surface area contributed by atoms with Crippen molar-refractivity contribution in [3.8, 4) is 5.69 Å². The number of aromatic nitrogens is 5. The number of piperidine rings is 1. The Kier molecular flexibility index (Phi) is 7.05. The number of hydrogen-bond acceptors (Lipinski definition) is 7. The zero-order chi connectivity index (χ0) is 32.4. The third kappa shape index (κ3) is 5.24. The van der Waals surface area contributed by atoms with E-state index in [4.69, 9.17) is 5.73 Å². The van der Waals surface area contributed by atoms with Crippen molar-refractivity contribution in [3.05, 3.63) is 101 Å². The number of benzene rings is 3. The molecule has 6 aromatic rings. The number of carbonyl (C=O) groups excluding carboxylic acids is 1. The van der Waals surface area contributed by atoms with Crippen molar-refractivity contribution in [2.24, 2.45) is 0 Å². The van der Waals surface area contributed by atoms with Gasteiger partial charge in [0, 0.05) is 18.4 Å². The van der Waals surface area contributed by atoms with Gasteiger partial charge >= 0.3 is 0 Å². The highest BCUT2D eigenvalue weighted by Crippen LogP contribution is 2.32. The summed E-state index contributed by atoms with van der Waals surface area (Å²) in [6.07, 6.45) is 1.54. The number of anilines is 1. The maximum atomic E-state index is 14.2. The second-order valence-electron chi connectivity index (χ2n) is 11.9. The number of fused-ring (bicyclic) bond motifs is 2. The number of carbonyl (C=O) groups is 1. The monoisotopic (exact) mass is 643 g/mol. The van der Waals surface area contributed by atoms with E-state index in [1.165, 1.54) is 29.1 Å². The number of nitrogens with zero attached hydrogens (tertiary/aromatic N) is 5. The number of aromatic amines is 1. The number of nitrogens with one attached hydrogen (secondary N) is 1. The quantitative estimate of drug-likeness (QED) is 0.217. The van der Waals surface area contributed by atoms with Gasteiger partial charge in [-0.3, -0.25) is 9.69 Å². The molecule has 0 unspecified atom stereocenters. The molecule has 4 heterocycles. The lowest BCUT2D eigenvalue weighted by atomic mass is 10.1. The van der Waals surface area contributed by atoms with Crippen LogP contribution in [0.5, 0.6) is 0 Å². The van der Waals surface area contributed by atoms with Gasteiger partial charge in [-0.25, -0.2) is 30.8 Å². The van der Waals surface area contributed by atoms with E-state index in [-0.39, 0.29) is 47.0 Å². The molecule has 46 heavy (non-hydrogen) atoms. The van der Waals surface area contributed by atoms with Gasteiger partial charge in [0.25, 0.3) is 15.9 Å². The molecule has 1 aliphatic rings. The number of ketones is 1. The zero-order valence-electron chi connectivity index (χ0n) is 25.2. The SMILES string of the molecule is Cc1ccc(S(=O)(=O)n2c(C(=O)c3cnn(-c4ccc5[nH]c(C)nc5c4)c3N)cc3ccc(CN4CCCC(F)(F)C4)cc32)cc1. The largest absolute Gasteiger partial charge is 0.383 e. The molecular formula is C33H31F2N7O3S. The molecule has 0 radical (unpaired) electrons. The molecule has 1 saturated heterocycles. The first-order valence-electron chi connectivity index (χ1n) is 14.8. The van der Waals surface area contributed by atoms with Gasteiger partial charge in [0.1, 0.15) is 17.3 Å². The minimum atomic E-state index is -4.29. The Morgan fingerprint density at radius 2 is 1.83 bits per heavy atom. The fourth-order valence-corrected chi connectivity index (χ4v) is 7.63. The van der Waals surface area contributed by atoms with Crippen LogP contribution in [0.1, 0.15) is 45.8 Å². The molecule has 1 fully saturated rings. The second-order valence-corrected chi connectivity index (χ2v) is 13.7. The van der Waals surface area contributed by atoms with Gasteiger partial charge in [-0.15, -0.1) is 0 Å². The van der Waals surface area contributed by atoms with Crippen LogP contribution in [0.3, 0.4) is 0 Å². The number of alkyl halides is 2. The molecule has 0 aliphatic carbocycles. The average Bonchev–Trinajstić information content (AvgIpc) is 3.69. The topological polar surface area (TPSA) is 132 Å². The highest BCUT2D eigenvalue weighted by atomic mass is 32.2. The van der Waals surface area contributed by atoms with Crippen molar-refractivity contribution in [1.82, 2.24) is 28.6 Å². The van der Waals surface area contributed by atoms with Crippen LogP contribution in [0, 0.1) is 13.8 Å². The molecule has 10 nitrogen and oxygen atoms in total. The summed E-state index contributed by atoms with van der Waals surface area (Å²) in [5, 5.41) is 4.86. The molecule has 3 N–H and O–H groups in total. The summed E-state index contributed by atoms with van der Waals surface area (Å²) in [7, 11) is -4.29. The van der Waals surface area contributed by atoms with Crippen LogP contribution in [0.15, 0.2) is 77.8 Å². The lowest BCUT2D eigenvalue weighted by Crippen LogP contribution is -2.41. The molecule has 0 spiro atoms. The van der Waals surface area contributed by atoms with Crippen molar-refractivity contribution < 1.29 is 22.0 Å². The number of H-pyrrole nitrogens is 1. The average molecular weight is 644 g/mol. The highest BCUT2D eigenvalue weighted by Gasteiger charge is 2.35. The molecular weight excluding hydrogens is 612 g/mol. The van der Waals surface area contributed by atoms with Crippen LogP contribution in [0.4, 0.5) is 14.6 Å². The maximum absolute atomic E-state index is 14.2. The predicted molar refractivity (Wildman–Crippen MR) is 171 cm³/mol. The number of likely N-dealkylation sites (tertiary alicyclic amines) is 1. The van der Waals surface area contributed by atoms with E-state index in [0.29, 0.717) is 35.1 Å². The van der Waals surface area contributed by atoms with Crippen LogP contribution >= 0.6 is 0 Å². The van der Waals surface area contributed by atoms with Crippen LogP contribution in [-0.2, 0) is 16.6 Å². The Bertz CT molecular complexity index is 2250. The lowest BCUT2D eigenvalue weighted by molar-refractivity contribution is -0.0661. The number of hydrogen-bond donors (Lipinski definition) is 2. The number of halogens is 2. The van der Waals surface area contributed by atoms with E-state index < -0.39 is 21.7 Å². The molecule has 0 amide bonds. The Labute approximate surface area is 263 Å². The van der Waals surface area contributed by atoms with Gasteiger partial charge in [-0.2, -0.15) is 5.10 Å². The smallest absolute Gasteiger partial charge is 0.268 e. The van der Waals surface area contributed by atoms with E-state index in [1.807, 2.05) is 19.9 Å². The molecule has 7 rings (SSSR count). The normalized spacial score (nSPS) is 15.6. The third-order valence-corrected chi connectivity index (χ3v) is 10.1. The molecule has 3 aromatic heterocycles. The van der Waals surface area contributed by atoms with Crippen molar-refractivity contribution >= 4 is 43.6 Å². The van der Waals surface area contributed by atoms with Gasteiger partial charge in [0.2, 0.25) is 5.78 Å². The number of nitrogens with two attached hydrogens (primary N) is 1. The minimum absolute atomic E-state index is 0.00279. The summed E-state index contributed by atoms with van der Waals surface area (Å²) < 4.78 is 59.2. The fraction of sp³-hybridized carbons (Fsp3) is 0.242. The zero-order valence-corrected chi connectivity index (χ0v) is 26.0. The number of aryl methyl sites for hydroxylation is 2. The molecule has 0 saturated carbocycles. The molecule has 0 atom stereocenters. The van der Waals surface area contributed by atoms with Crippen LogP contribution < -0.4 is 5.73 Å². The molecule has 1 aliphatic heterocycles. The number of nitrogen functional groups attached to an aromatic ring is 1. The van der Waals surface area contributed by atoms with Crippen LogP contribution in [0.2, 0.25) is 0 Å². The summed E-state index contributed by atoms with van der Waals surface area (Å²) in [5.41, 5.74) is 10.3. The van der Waals surface area contributed by atoms with Crippen molar-refractivity contribution in [3.63, 3.8) is 0 Å². The van der Waals surface area contributed by atoms with Gasteiger partial charge in [-0.05, 0) is 74.8 Å². The van der Waals surface area contributed by atoms with Gasteiger partial charge in [-0.1, -0.05) is 29.8 Å². The minimum Gasteiger partial charge on any atom is -0.383 e. The first-order chi connectivity index (χ1) is 21.9. The summed E-state index contributed by atoms with van der Waals surface area (Å²) in [6, 6.07) is 18.4. The first-order valence-corrected chi connectivity index (χ1v) is 16.3. The summed E-state index contributed by atoms with van der Waals surface area (Å²) in [6.45, 7) is 4.05. The Balaban J connectivity index is 1.33. The van der Waals surface area contributed by atoms with E-state index in [1.54, 1.807) is 47.4 Å². The third-order valence-electron chi connectivity index (χ3n) is 8.38. The lowest BCUT2D eigenvalue weighted by Gasteiger charge is -2.32.